The van der Waals surface area contributed by atoms with Gasteiger partial charge in [-0.3, -0.25) is 4.79 Å². The van der Waals surface area contributed by atoms with E-state index in [1.54, 1.807) is 30.4 Å². The van der Waals surface area contributed by atoms with E-state index in [4.69, 9.17) is 20.3 Å². The SMILES string of the molecule is CN(C(=O)CO)[C@H]1C[C@H](Oc2cc(-c3cnc(N)nc3)nc(N3CCOCC3)n2)C1. The van der Waals surface area contributed by atoms with Gasteiger partial charge in [-0.25, -0.2) is 15.0 Å². The van der Waals surface area contributed by atoms with Crippen molar-refractivity contribution in [2.24, 2.45) is 0 Å². The molecule has 0 aromatic carbocycles. The molecular weight excluding hydrogens is 390 g/mol. The van der Waals surface area contributed by atoms with Crippen LogP contribution in [0.5, 0.6) is 5.88 Å². The molecule has 1 amide bonds. The summed E-state index contributed by atoms with van der Waals surface area (Å²) in [6.07, 6.45) is 4.53. The molecule has 1 saturated carbocycles. The third-order valence-corrected chi connectivity index (χ3v) is 5.39. The normalized spacial score (nSPS) is 21.1. The Morgan fingerprint density at radius 3 is 2.67 bits per heavy atom. The summed E-state index contributed by atoms with van der Waals surface area (Å²) < 4.78 is 11.5. The molecule has 2 aromatic rings. The number of nitrogen functional groups attached to an aromatic ring is 1. The number of amides is 1. The van der Waals surface area contributed by atoms with Crippen LogP contribution in [0.25, 0.3) is 11.3 Å². The number of carbonyl (C=O) groups excluding carboxylic acids is 1. The summed E-state index contributed by atoms with van der Waals surface area (Å²) in [4.78, 5) is 32.6. The number of nitrogens with zero attached hydrogens (tertiary/aromatic N) is 6. The van der Waals surface area contributed by atoms with Crippen LogP contribution in [0.2, 0.25) is 0 Å². The van der Waals surface area contributed by atoms with E-state index in [1.165, 1.54) is 0 Å². The van der Waals surface area contributed by atoms with Crippen molar-refractivity contribution < 1.29 is 19.4 Å². The fourth-order valence-electron chi connectivity index (χ4n) is 3.43. The molecule has 2 fully saturated rings. The summed E-state index contributed by atoms with van der Waals surface area (Å²) in [6.45, 7) is 2.14. The number of carbonyl (C=O) groups is 1. The second-order valence-corrected chi connectivity index (χ2v) is 7.35. The Labute approximate surface area is 173 Å². The van der Waals surface area contributed by atoms with Gasteiger partial charge in [0.05, 0.1) is 18.9 Å². The number of aromatic nitrogens is 4. The lowest BCUT2D eigenvalue weighted by molar-refractivity contribution is -0.138. The van der Waals surface area contributed by atoms with E-state index in [-0.39, 0.29) is 24.0 Å². The molecule has 3 N–H and O–H groups in total. The van der Waals surface area contributed by atoms with Crippen LogP contribution in [0.1, 0.15) is 12.8 Å². The average Bonchev–Trinajstić information content (AvgIpc) is 2.76. The van der Waals surface area contributed by atoms with E-state index < -0.39 is 6.61 Å². The lowest BCUT2D eigenvalue weighted by Gasteiger charge is -2.40. The van der Waals surface area contributed by atoms with E-state index in [0.29, 0.717) is 62.2 Å². The number of morpholine rings is 1. The summed E-state index contributed by atoms with van der Waals surface area (Å²) in [7, 11) is 1.69. The van der Waals surface area contributed by atoms with Crippen LogP contribution in [0.4, 0.5) is 11.9 Å². The molecule has 3 heterocycles. The van der Waals surface area contributed by atoms with Crippen LogP contribution in [-0.2, 0) is 9.53 Å². The van der Waals surface area contributed by atoms with E-state index in [1.807, 2.05) is 0 Å². The van der Waals surface area contributed by atoms with Crippen LogP contribution in [0.3, 0.4) is 0 Å². The predicted octanol–water partition coefficient (Wildman–Crippen LogP) is -0.287. The molecule has 1 aliphatic carbocycles. The van der Waals surface area contributed by atoms with Crippen molar-refractivity contribution in [3.63, 3.8) is 0 Å². The molecule has 30 heavy (non-hydrogen) atoms. The highest BCUT2D eigenvalue weighted by Crippen LogP contribution is 2.31. The number of hydrogen-bond donors (Lipinski definition) is 2. The highest BCUT2D eigenvalue weighted by molar-refractivity contribution is 5.77. The fraction of sp³-hybridized carbons (Fsp3) is 0.526. The van der Waals surface area contributed by atoms with Crippen molar-refractivity contribution in [2.45, 2.75) is 25.0 Å². The van der Waals surface area contributed by atoms with Gasteiger partial charge < -0.3 is 30.1 Å². The Hall–Kier alpha value is -3.05. The van der Waals surface area contributed by atoms with Gasteiger partial charge in [0.2, 0.25) is 23.7 Å². The molecule has 1 aliphatic heterocycles. The third-order valence-electron chi connectivity index (χ3n) is 5.39. The zero-order valence-electron chi connectivity index (χ0n) is 16.8. The Morgan fingerprint density at radius 1 is 1.30 bits per heavy atom. The number of aliphatic hydroxyl groups excluding tert-OH is 1. The number of likely N-dealkylation sites (N-methyl/N-ethyl adjacent to an activating group) is 1. The zero-order valence-corrected chi connectivity index (χ0v) is 16.8. The smallest absolute Gasteiger partial charge is 0.248 e. The van der Waals surface area contributed by atoms with E-state index >= 15 is 0 Å². The lowest BCUT2D eigenvalue weighted by atomic mass is 9.88. The topological polar surface area (TPSA) is 140 Å². The standard InChI is InChI=1S/C19H25N7O4/c1-25(17(28)11-27)13-6-14(7-13)30-16-8-15(12-9-21-18(20)22-10-12)23-19(24-16)26-2-4-29-5-3-26/h8-10,13-14,27H,2-7,11H2,1H3,(H2,20,21,22)/t13-,14-. The maximum Gasteiger partial charge on any atom is 0.248 e. The number of rotatable bonds is 6. The quantitative estimate of drug-likeness (QED) is 0.647. The number of ether oxygens (including phenoxy) is 2. The third kappa shape index (κ3) is 4.41. The molecule has 11 heteroatoms. The van der Waals surface area contributed by atoms with Crippen LogP contribution in [0, 0.1) is 0 Å². The average molecular weight is 415 g/mol. The van der Waals surface area contributed by atoms with Crippen molar-refractivity contribution in [1.82, 2.24) is 24.8 Å². The summed E-state index contributed by atoms with van der Waals surface area (Å²) in [5, 5.41) is 9.01. The van der Waals surface area contributed by atoms with Crippen LogP contribution >= 0.6 is 0 Å². The van der Waals surface area contributed by atoms with Crippen molar-refractivity contribution in [2.75, 3.05) is 50.6 Å². The molecule has 0 radical (unpaired) electrons. The van der Waals surface area contributed by atoms with Gasteiger partial charge in [-0.15, -0.1) is 0 Å². The Kier molecular flexibility index (Phi) is 5.91. The van der Waals surface area contributed by atoms with Gasteiger partial charge in [0.1, 0.15) is 12.7 Å². The van der Waals surface area contributed by atoms with Gasteiger partial charge in [0, 0.05) is 63.0 Å². The van der Waals surface area contributed by atoms with Gasteiger partial charge in [-0.05, 0) is 0 Å². The minimum Gasteiger partial charge on any atom is -0.474 e. The Bertz CT molecular complexity index is 883. The molecule has 0 bridgehead atoms. The first-order chi connectivity index (χ1) is 14.5. The van der Waals surface area contributed by atoms with E-state index in [2.05, 4.69) is 24.8 Å². The van der Waals surface area contributed by atoms with Crippen molar-refractivity contribution in [3.8, 4) is 17.1 Å². The van der Waals surface area contributed by atoms with E-state index in [9.17, 15) is 4.79 Å². The van der Waals surface area contributed by atoms with E-state index in [0.717, 1.165) is 0 Å². The number of anilines is 2. The van der Waals surface area contributed by atoms with Crippen LogP contribution in [-0.4, -0.2) is 88.0 Å². The van der Waals surface area contributed by atoms with Gasteiger partial charge in [0.25, 0.3) is 0 Å². The minimum absolute atomic E-state index is 0.0557. The highest BCUT2D eigenvalue weighted by Gasteiger charge is 2.36. The Balaban J connectivity index is 1.52. The maximum atomic E-state index is 11.6. The van der Waals surface area contributed by atoms with Crippen molar-refractivity contribution in [3.05, 3.63) is 18.5 Å². The second-order valence-electron chi connectivity index (χ2n) is 7.35. The number of nitrogens with two attached hydrogens (primary N) is 1. The molecule has 160 valence electrons. The lowest BCUT2D eigenvalue weighted by Crippen LogP contribution is -2.50. The molecule has 0 unspecified atom stereocenters. The first kappa shape index (κ1) is 20.2. The van der Waals surface area contributed by atoms with Crippen LogP contribution in [0.15, 0.2) is 18.5 Å². The number of aliphatic hydroxyl groups is 1. The van der Waals surface area contributed by atoms with Gasteiger partial charge in [-0.1, -0.05) is 0 Å². The first-order valence-corrected chi connectivity index (χ1v) is 9.86. The first-order valence-electron chi connectivity index (χ1n) is 9.86. The number of hydrogen-bond acceptors (Lipinski definition) is 10. The molecule has 11 nitrogen and oxygen atoms in total. The van der Waals surface area contributed by atoms with Crippen molar-refractivity contribution >= 4 is 17.8 Å². The van der Waals surface area contributed by atoms with Crippen molar-refractivity contribution in [1.29, 1.82) is 0 Å². The molecule has 2 aromatic heterocycles. The molecule has 0 atom stereocenters. The zero-order chi connectivity index (χ0) is 21.1. The Morgan fingerprint density at radius 2 is 2.00 bits per heavy atom. The highest BCUT2D eigenvalue weighted by atomic mass is 16.5. The monoisotopic (exact) mass is 415 g/mol. The molecule has 1 saturated heterocycles. The summed E-state index contributed by atoms with van der Waals surface area (Å²) in [5.74, 6) is 0.921. The summed E-state index contributed by atoms with van der Waals surface area (Å²) in [6, 6.07) is 1.81. The fourth-order valence-corrected chi connectivity index (χ4v) is 3.43. The van der Waals surface area contributed by atoms with Crippen LogP contribution < -0.4 is 15.4 Å². The summed E-state index contributed by atoms with van der Waals surface area (Å²) in [5.41, 5.74) is 6.95. The largest absolute Gasteiger partial charge is 0.474 e. The molecular formula is C19H25N7O4. The maximum absolute atomic E-state index is 11.6. The summed E-state index contributed by atoms with van der Waals surface area (Å²) >= 11 is 0. The minimum atomic E-state index is -0.486. The van der Waals surface area contributed by atoms with Gasteiger partial charge in [0.15, 0.2) is 0 Å². The molecule has 0 spiro atoms. The van der Waals surface area contributed by atoms with Gasteiger partial charge in [-0.2, -0.15) is 4.98 Å². The van der Waals surface area contributed by atoms with Gasteiger partial charge >= 0.3 is 0 Å². The molecule has 4 rings (SSSR count). The molecule has 2 aliphatic rings. The second kappa shape index (κ2) is 8.76. The predicted molar refractivity (Wildman–Crippen MR) is 108 cm³/mol.